The Morgan fingerprint density at radius 2 is 2.00 bits per heavy atom. The summed E-state index contributed by atoms with van der Waals surface area (Å²) in [5.74, 6) is -0.324. The van der Waals surface area contributed by atoms with Crippen LogP contribution in [0.15, 0.2) is 24.3 Å². The second-order valence-electron chi connectivity index (χ2n) is 3.31. The van der Waals surface area contributed by atoms with Gasteiger partial charge in [-0.2, -0.15) is 0 Å². The molecule has 2 amide bonds. The van der Waals surface area contributed by atoms with Gasteiger partial charge in [0, 0.05) is 17.7 Å². The lowest BCUT2D eigenvalue weighted by atomic mass is 10.2. The van der Waals surface area contributed by atoms with E-state index in [1.165, 1.54) is 4.90 Å². The Morgan fingerprint density at radius 3 is 2.56 bits per heavy atom. The Hall–Kier alpha value is -1.11. The molecule has 0 spiro atoms. The van der Waals surface area contributed by atoms with E-state index in [2.05, 4.69) is 27.9 Å². The third kappa shape index (κ3) is 3.19. The summed E-state index contributed by atoms with van der Waals surface area (Å²) < 4.78 is 0.883. The van der Waals surface area contributed by atoms with Gasteiger partial charge in [-0.3, -0.25) is 9.59 Å². The first-order chi connectivity index (χ1) is 7.56. The molecule has 1 aromatic carbocycles. The molecule has 0 saturated carbocycles. The summed E-state index contributed by atoms with van der Waals surface area (Å²) in [7, 11) is 3.16. The molecule has 0 saturated heterocycles. The van der Waals surface area contributed by atoms with Crippen molar-refractivity contribution in [1.29, 1.82) is 0 Å². The van der Waals surface area contributed by atoms with Gasteiger partial charge in [-0.25, -0.2) is 0 Å². The molecular formula is C11H13IN2O2. The fourth-order valence-electron chi connectivity index (χ4n) is 1.21. The molecule has 0 aliphatic rings. The van der Waals surface area contributed by atoms with Gasteiger partial charge in [-0.15, -0.1) is 0 Å². The van der Waals surface area contributed by atoms with Gasteiger partial charge in [0.25, 0.3) is 5.91 Å². The van der Waals surface area contributed by atoms with Crippen molar-refractivity contribution in [2.45, 2.75) is 0 Å². The molecular weight excluding hydrogens is 319 g/mol. The van der Waals surface area contributed by atoms with Crippen LogP contribution in [0.3, 0.4) is 0 Å². The largest absolute Gasteiger partial charge is 0.358 e. The predicted molar refractivity (Wildman–Crippen MR) is 70.2 cm³/mol. The van der Waals surface area contributed by atoms with E-state index < -0.39 is 0 Å². The lowest BCUT2D eigenvalue weighted by Gasteiger charge is -2.16. The van der Waals surface area contributed by atoms with Crippen LogP contribution in [0.1, 0.15) is 10.4 Å². The topological polar surface area (TPSA) is 49.4 Å². The van der Waals surface area contributed by atoms with E-state index in [1.54, 1.807) is 20.2 Å². The van der Waals surface area contributed by atoms with Crippen LogP contribution in [0.25, 0.3) is 0 Å². The van der Waals surface area contributed by atoms with Gasteiger partial charge >= 0.3 is 0 Å². The molecule has 5 heteroatoms. The third-order valence-corrected chi connectivity index (χ3v) is 3.05. The highest BCUT2D eigenvalue weighted by atomic mass is 127. The second kappa shape index (κ2) is 5.83. The van der Waals surface area contributed by atoms with E-state index in [0.717, 1.165) is 3.57 Å². The molecule has 1 N–H and O–H groups in total. The highest BCUT2D eigenvalue weighted by Crippen LogP contribution is 2.13. The molecule has 86 valence electrons. The third-order valence-electron chi connectivity index (χ3n) is 2.11. The molecule has 16 heavy (non-hydrogen) atoms. The van der Waals surface area contributed by atoms with E-state index in [0.29, 0.717) is 5.56 Å². The van der Waals surface area contributed by atoms with Crippen molar-refractivity contribution in [3.05, 3.63) is 33.4 Å². The monoisotopic (exact) mass is 332 g/mol. The maximum absolute atomic E-state index is 12.0. The molecule has 0 bridgehead atoms. The zero-order valence-electron chi connectivity index (χ0n) is 9.16. The van der Waals surface area contributed by atoms with Crippen LogP contribution in [0.5, 0.6) is 0 Å². The normalized spacial score (nSPS) is 9.69. The van der Waals surface area contributed by atoms with Gasteiger partial charge in [0.1, 0.15) is 0 Å². The summed E-state index contributed by atoms with van der Waals surface area (Å²) in [5.41, 5.74) is 0.620. The maximum atomic E-state index is 12.0. The highest BCUT2D eigenvalue weighted by Gasteiger charge is 2.15. The minimum absolute atomic E-state index is 0.0697. The summed E-state index contributed by atoms with van der Waals surface area (Å²) in [4.78, 5) is 24.5. The number of hydrogen-bond donors (Lipinski definition) is 1. The van der Waals surface area contributed by atoms with Crippen LogP contribution in [-0.2, 0) is 4.79 Å². The molecule has 0 unspecified atom stereocenters. The molecule has 0 atom stereocenters. The van der Waals surface area contributed by atoms with Gasteiger partial charge in [0.05, 0.1) is 12.1 Å². The number of carbonyl (C=O) groups excluding carboxylic acids is 2. The zero-order valence-corrected chi connectivity index (χ0v) is 11.3. The summed E-state index contributed by atoms with van der Waals surface area (Å²) in [6, 6.07) is 7.30. The number of hydrogen-bond acceptors (Lipinski definition) is 2. The molecule has 1 rings (SSSR count). The fourth-order valence-corrected chi connectivity index (χ4v) is 1.82. The van der Waals surface area contributed by atoms with Crippen molar-refractivity contribution in [3.63, 3.8) is 0 Å². The van der Waals surface area contributed by atoms with Crippen LogP contribution in [-0.4, -0.2) is 37.4 Å². The lowest BCUT2D eigenvalue weighted by Crippen LogP contribution is -2.37. The Kier molecular flexibility index (Phi) is 4.72. The van der Waals surface area contributed by atoms with E-state index in [-0.39, 0.29) is 18.4 Å². The summed E-state index contributed by atoms with van der Waals surface area (Å²) in [6.45, 7) is 0.0697. The summed E-state index contributed by atoms with van der Waals surface area (Å²) in [6.07, 6.45) is 0. The van der Waals surface area contributed by atoms with E-state index in [4.69, 9.17) is 0 Å². The Morgan fingerprint density at radius 1 is 1.38 bits per heavy atom. The number of rotatable bonds is 3. The minimum Gasteiger partial charge on any atom is -0.358 e. The van der Waals surface area contributed by atoms with Crippen LogP contribution in [0.2, 0.25) is 0 Å². The van der Waals surface area contributed by atoms with Gasteiger partial charge < -0.3 is 10.2 Å². The molecule has 0 heterocycles. The molecule has 0 fully saturated rings. The first-order valence-corrected chi connectivity index (χ1v) is 5.84. The van der Waals surface area contributed by atoms with Crippen molar-refractivity contribution in [2.75, 3.05) is 20.6 Å². The fraction of sp³-hybridized carbons (Fsp3) is 0.273. The first kappa shape index (κ1) is 13.0. The minimum atomic E-state index is -0.179. The number of carbonyl (C=O) groups is 2. The molecule has 0 aliphatic heterocycles. The van der Waals surface area contributed by atoms with Gasteiger partial charge in [-0.05, 0) is 34.7 Å². The summed E-state index contributed by atoms with van der Waals surface area (Å²) in [5, 5.41) is 2.48. The Labute approximate surface area is 108 Å². The van der Waals surface area contributed by atoms with E-state index in [1.807, 2.05) is 18.2 Å². The number of nitrogens with zero attached hydrogens (tertiary/aromatic N) is 1. The molecule has 1 aromatic rings. The average molecular weight is 332 g/mol. The van der Waals surface area contributed by atoms with Crippen molar-refractivity contribution < 1.29 is 9.59 Å². The Balaban J connectivity index is 2.79. The standard InChI is InChI=1S/C11H13IN2O2/c1-13-10(15)7-14(2)11(16)8-5-3-4-6-9(8)12/h3-6H,7H2,1-2H3,(H,13,15). The van der Waals surface area contributed by atoms with Gasteiger partial charge in [0.2, 0.25) is 5.91 Å². The van der Waals surface area contributed by atoms with Crippen LogP contribution in [0, 0.1) is 3.57 Å². The molecule has 0 aromatic heterocycles. The quantitative estimate of drug-likeness (QED) is 0.843. The average Bonchev–Trinajstić information content (AvgIpc) is 2.28. The van der Waals surface area contributed by atoms with Gasteiger partial charge in [-0.1, -0.05) is 12.1 Å². The van der Waals surface area contributed by atoms with Crippen LogP contribution >= 0.6 is 22.6 Å². The number of halogens is 1. The van der Waals surface area contributed by atoms with Crippen LogP contribution < -0.4 is 5.32 Å². The number of nitrogens with one attached hydrogen (secondary N) is 1. The van der Waals surface area contributed by atoms with Crippen molar-refractivity contribution in [2.24, 2.45) is 0 Å². The summed E-state index contributed by atoms with van der Waals surface area (Å²) >= 11 is 2.10. The van der Waals surface area contributed by atoms with Crippen molar-refractivity contribution in [3.8, 4) is 0 Å². The highest BCUT2D eigenvalue weighted by molar-refractivity contribution is 14.1. The molecule has 0 radical (unpaired) electrons. The second-order valence-corrected chi connectivity index (χ2v) is 4.48. The van der Waals surface area contributed by atoms with E-state index >= 15 is 0 Å². The maximum Gasteiger partial charge on any atom is 0.255 e. The lowest BCUT2D eigenvalue weighted by molar-refractivity contribution is -0.121. The molecule has 0 aliphatic carbocycles. The SMILES string of the molecule is CNC(=O)CN(C)C(=O)c1ccccc1I. The number of benzene rings is 1. The van der Waals surface area contributed by atoms with E-state index in [9.17, 15) is 9.59 Å². The van der Waals surface area contributed by atoms with Gasteiger partial charge in [0.15, 0.2) is 0 Å². The number of amides is 2. The number of likely N-dealkylation sites (N-methyl/N-ethyl adjacent to an activating group) is 2. The van der Waals surface area contributed by atoms with Crippen molar-refractivity contribution in [1.82, 2.24) is 10.2 Å². The Bertz CT molecular complexity index is 407. The molecule has 4 nitrogen and oxygen atoms in total. The van der Waals surface area contributed by atoms with Crippen molar-refractivity contribution >= 4 is 34.4 Å². The smallest absolute Gasteiger partial charge is 0.255 e. The van der Waals surface area contributed by atoms with Crippen LogP contribution in [0.4, 0.5) is 0 Å². The predicted octanol–water partition coefficient (Wildman–Crippen LogP) is 1.11. The zero-order chi connectivity index (χ0) is 12.1. The first-order valence-electron chi connectivity index (χ1n) is 4.77.